The summed E-state index contributed by atoms with van der Waals surface area (Å²) >= 11 is 1.84. The number of fused-ring (bicyclic) bond motifs is 1. The average Bonchev–Trinajstić information content (AvgIpc) is 3.01. The van der Waals surface area contributed by atoms with E-state index in [-0.39, 0.29) is 11.9 Å². The van der Waals surface area contributed by atoms with Crippen molar-refractivity contribution in [1.82, 2.24) is 15.2 Å². The molecular weight excluding hydrogens is 326 g/mol. The number of carbonyl (C=O) groups is 2. The lowest BCUT2D eigenvalue weighted by Crippen LogP contribution is -2.45. The smallest absolute Gasteiger partial charge is 0.317 e. The zero-order valence-corrected chi connectivity index (χ0v) is 14.7. The highest BCUT2D eigenvalue weighted by molar-refractivity contribution is 7.11. The fraction of sp³-hybridized carbons (Fsp3) is 0.706. The molecule has 0 atom stereocenters. The van der Waals surface area contributed by atoms with Crippen LogP contribution >= 0.6 is 11.3 Å². The number of aromatic nitrogens is 1. The van der Waals surface area contributed by atoms with Crippen LogP contribution in [0.2, 0.25) is 0 Å². The Morgan fingerprint density at radius 2 is 2.00 bits per heavy atom. The molecule has 0 aromatic carbocycles. The first-order chi connectivity index (χ1) is 11.6. The Bertz CT molecular complexity index is 570. The van der Waals surface area contributed by atoms with E-state index in [4.69, 9.17) is 10.1 Å². The second-order valence-corrected chi connectivity index (χ2v) is 7.79. The van der Waals surface area contributed by atoms with Gasteiger partial charge in [0.1, 0.15) is 0 Å². The van der Waals surface area contributed by atoms with Gasteiger partial charge in [-0.3, -0.25) is 4.79 Å². The lowest BCUT2D eigenvalue weighted by Gasteiger charge is -2.30. The molecule has 1 aromatic heterocycles. The molecule has 1 aromatic rings. The van der Waals surface area contributed by atoms with Gasteiger partial charge in [-0.2, -0.15) is 0 Å². The normalized spacial score (nSPS) is 18.2. The minimum atomic E-state index is -0.749. The standard InChI is InChI=1S/C17H25N3O3S/c21-16(22)12-7-10-20(11-8-12)17(23)18-9-3-6-15-19-13-4-1-2-5-14(13)24-15/h12H,1-11H2,(H,18,23)(H,21,22). The molecule has 24 heavy (non-hydrogen) atoms. The van der Waals surface area contributed by atoms with Crippen LogP contribution in [0.25, 0.3) is 0 Å². The summed E-state index contributed by atoms with van der Waals surface area (Å²) in [6.07, 6.45) is 7.74. The zero-order valence-electron chi connectivity index (χ0n) is 13.9. The molecule has 7 heteroatoms. The van der Waals surface area contributed by atoms with Crippen LogP contribution in [0.4, 0.5) is 4.79 Å². The molecule has 1 aliphatic heterocycles. The van der Waals surface area contributed by atoms with E-state index in [0.29, 0.717) is 32.5 Å². The molecule has 132 valence electrons. The van der Waals surface area contributed by atoms with Crippen LogP contribution in [0.3, 0.4) is 0 Å². The van der Waals surface area contributed by atoms with Gasteiger partial charge in [-0.25, -0.2) is 9.78 Å². The van der Waals surface area contributed by atoms with Gasteiger partial charge >= 0.3 is 12.0 Å². The first kappa shape index (κ1) is 17.2. The minimum absolute atomic E-state index is 0.0720. The predicted octanol–water partition coefficient (Wildman–Crippen LogP) is 2.46. The molecule has 0 bridgehead atoms. The van der Waals surface area contributed by atoms with Crippen molar-refractivity contribution in [3.05, 3.63) is 15.6 Å². The molecule has 0 spiro atoms. The van der Waals surface area contributed by atoms with Gasteiger partial charge in [0.25, 0.3) is 0 Å². The van der Waals surface area contributed by atoms with Crippen molar-refractivity contribution in [2.75, 3.05) is 19.6 Å². The van der Waals surface area contributed by atoms with Gasteiger partial charge < -0.3 is 15.3 Å². The Balaban J connectivity index is 1.35. The number of carboxylic acids is 1. The number of urea groups is 1. The maximum Gasteiger partial charge on any atom is 0.317 e. The topological polar surface area (TPSA) is 82.5 Å². The highest BCUT2D eigenvalue weighted by Gasteiger charge is 2.26. The fourth-order valence-corrected chi connectivity index (χ4v) is 4.59. The first-order valence-electron chi connectivity index (χ1n) is 8.86. The molecule has 0 unspecified atom stereocenters. The van der Waals surface area contributed by atoms with Crippen LogP contribution < -0.4 is 5.32 Å². The molecule has 1 saturated heterocycles. The van der Waals surface area contributed by atoms with Crippen LogP contribution in [0.15, 0.2) is 0 Å². The van der Waals surface area contributed by atoms with Gasteiger partial charge in [0.2, 0.25) is 0 Å². The summed E-state index contributed by atoms with van der Waals surface area (Å²) in [4.78, 5) is 30.9. The SMILES string of the molecule is O=C(O)C1CCN(C(=O)NCCCc2nc3c(s2)CCCC3)CC1. The number of aliphatic carboxylic acids is 1. The molecule has 0 radical (unpaired) electrons. The number of amides is 2. The van der Waals surface area contributed by atoms with Crippen LogP contribution in [0.1, 0.15) is 47.7 Å². The monoisotopic (exact) mass is 351 g/mol. The largest absolute Gasteiger partial charge is 0.481 e. The summed E-state index contributed by atoms with van der Waals surface area (Å²) in [5.41, 5.74) is 1.30. The number of hydrogen-bond acceptors (Lipinski definition) is 4. The van der Waals surface area contributed by atoms with Crippen molar-refractivity contribution in [3.63, 3.8) is 0 Å². The lowest BCUT2D eigenvalue weighted by molar-refractivity contribution is -0.143. The Hall–Kier alpha value is -1.63. The van der Waals surface area contributed by atoms with Gasteiger partial charge in [-0.1, -0.05) is 0 Å². The van der Waals surface area contributed by atoms with Crippen LogP contribution in [0, 0.1) is 5.92 Å². The second-order valence-electron chi connectivity index (χ2n) is 6.62. The Morgan fingerprint density at radius 1 is 1.25 bits per heavy atom. The van der Waals surface area contributed by atoms with E-state index in [1.165, 1.54) is 34.8 Å². The summed E-state index contributed by atoms with van der Waals surface area (Å²) in [7, 11) is 0. The van der Waals surface area contributed by atoms with Crippen molar-refractivity contribution >= 4 is 23.3 Å². The van der Waals surface area contributed by atoms with E-state index in [1.54, 1.807) is 4.90 Å². The maximum atomic E-state index is 12.1. The quantitative estimate of drug-likeness (QED) is 0.798. The first-order valence-corrected chi connectivity index (χ1v) is 9.68. The van der Waals surface area contributed by atoms with Crippen LogP contribution in [-0.2, 0) is 24.1 Å². The highest BCUT2D eigenvalue weighted by atomic mass is 32.1. The molecule has 1 aliphatic carbocycles. The summed E-state index contributed by atoms with van der Waals surface area (Å²) in [5, 5.41) is 13.1. The number of nitrogens with one attached hydrogen (secondary N) is 1. The Labute approximate surface area is 146 Å². The van der Waals surface area contributed by atoms with Gasteiger partial charge in [0.05, 0.1) is 16.6 Å². The maximum absolute atomic E-state index is 12.1. The molecule has 6 nitrogen and oxygen atoms in total. The predicted molar refractivity (Wildman–Crippen MR) is 92.4 cm³/mol. The molecule has 2 heterocycles. The van der Waals surface area contributed by atoms with Gasteiger partial charge in [0, 0.05) is 30.9 Å². The van der Waals surface area contributed by atoms with E-state index in [0.717, 1.165) is 19.3 Å². The third-order valence-corrected chi connectivity index (χ3v) is 6.08. The summed E-state index contributed by atoms with van der Waals surface area (Å²) in [5.74, 6) is -1.05. The Morgan fingerprint density at radius 3 is 2.71 bits per heavy atom. The van der Waals surface area contributed by atoms with E-state index >= 15 is 0 Å². The zero-order chi connectivity index (χ0) is 16.9. The number of piperidine rings is 1. The number of nitrogens with zero attached hydrogens (tertiary/aromatic N) is 2. The molecule has 1 fully saturated rings. The van der Waals surface area contributed by atoms with Crippen molar-refractivity contribution in [2.45, 2.75) is 51.4 Å². The van der Waals surface area contributed by atoms with Gasteiger partial charge in [0.15, 0.2) is 0 Å². The molecule has 2 N–H and O–H groups in total. The number of thiazole rings is 1. The van der Waals surface area contributed by atoms with Crippen molar-refractivity contribution in [1.29, 1.82) is 0 Å². The molecule has 0 saturated carbocycles. The average molecular weight is 351 g/mol. The molecule has 2 aliphatic rings. The number of rotatable bonds is 5. The number of likely N-dealkylation sites (tertiary alicyclic amines) is 1. The summed E-state index contributed by atoms with van der Waals surface area (Å²) in [6, 6.07) is -0.0720. The highest BCUT2D eigenvalue weighted by Crippen LogP contribution is 2.27. The number of carbonyl (C=O) groups excluding carboxylic acids is 1. The fourth-order valence-electron chi connectivity index (χ4n) is 3.39. The van der Waals surface area contributed by atoms with Gasteiger partial charge in [-0.05, 0) is 44.9 Å². The molecule has 2 amide bonds. The Kier molecular flexibility index (Phi) is 5.71. The van der Waals surface area contributed by atoms with Crippen molar-refractivity contribution in [3.8, 4) is 0 Å². The summed E-state index contributed by atoms with van der Waals surface area (Å²) in [6.45, 7) is 1.70. The number of carboxylic acid groups (broad SMARTS) is 1. The summed E-state index contributed by atoms with van der Waals surface area (Å²) < 4.78 is 0. The van der Waals surface area contributed by atoms with E-state index in [1.807, 2.05) is 11.3 Å². The van der Waals surface area contributed by atoms with E-state index in [9.17, 15) is 9.59 Å². The van der Waals surface area contributed by atoms with E-state index in [2.05, 4.69) is 5.32 Å². The number of aryl methyl sites for hydroxylation is 3. The van der Waals surface area contributed by atoms with Crippen molar-refractivity contribution < 1.29 is 14.7 Å². The van der Waals surface area contributed by atoms with E-state index < -0.39 is 5.97 Å². The minimum Gasteiger partial charge on any atom is -0.481 e. The second kappa shape index (κ2) is 7.96. The number of hydrogen-bond donors (Lipinski definition) is 2. The van der Waals surface area contributed by atoms with Gasteiger partial charge in [-0.15, -0.1) is 11.3 Å². The van der Waals surface area contributed by atoms with Crippen LogP contribution in [0.5, 0.6) is 0 Å². The third-order valence-electron chi connectivity index (χ3n) is 4.87. The lowest BCUT2D eigenvalue weighted by atomic mass is 9.97. The molecular formula is C17H25N3O3S. The molecule has 3 rings (SSSR count). The third kappa shape index (κ3) is 4.26. The van der Waals surface area contributed by atoms with Crippen LogP contribution in [-0.4, -0.2) is 46.6 Å². The van der Waals surface area contributed by atoms with Crippen molar-refractivity contribution in [2.24, 2.45) is 5.92 Å².